The van der Waals surface area contributed by atoms with Gasteiger partial charge in [0.05, 0.1) is 4.75 Å². The summed E-state index contributed by atoms with van der Waals surface area (Å²) >= 11 is 0. The largest absolute Gasteiger partial charge is 1.00 e. The molecule has 1 rings (SSSR count). The van der Waals surface area contributed by atoms with Crippen LogP contribution in [0.25, 0.3) is 0 Å². The van der Waals surface area contributed by atoms with E-state index >= 15 is 0 Å². The Balaban J connectivity index is 0.00000144. The van der Waals surface area contributed by atoms with E-state index in [2.05, 4.69) is 0 Å². The monoisotopic (exact) mass is 272 g/mol. The molecule has 0 aliphatic heterocycles. The first-order valence-electron chi connectivity index (χ1n) is 3.67. The molecule has 1 atom stereocenters. The van der Waals surface area contributed by atoms with Crippen molar-refractivity contribution in [3.05, 3.63) is 23.8 Å². The van der Waals surface area contributed by atoms with E-state index in [1.807, 2.05) is 6.92 Å². The molecule has 0 aromatic heterocycles. The third kappa shape index (κ3) is 3.36. The van der Waals surface area contributed by atoms with Crippen molar-refractivity contribution >= 4 is 10.1 Å². The number of hydrogen-bond donors (Lipinski definition) is 0. The molecule has 0 aromatic rings. The normalized spacial score (nSPS) is 27.8. The molecule has 0 saturated heterocycles. The van der Waals surface area contributed by atoms with E-state index in [1.54, 1.807) is 12.2 Å². The van der Waals surface area contributed by atoms with Gasteiger partial charge in [0.25, 0.3) is 0 Å². The summed E-state index contributed by atoms with van der Waals surface area (Å²) in [5.41, 5.74) is 0.996. The molecule has 0 aromatic carbocycles. The molecule has 3 nitrogen and oxygen atoms in total. The zero-order valence-corrected chi connectivity index (χ0v) is 13.8. The average Bonchev–Trinajstić information content (AvgIpc) is 1.93. The first-order chi connectivity index (χ1) is 5.35. The molecule has 0 N–H and O–H groups in total. The molecule has 0 bridgehead atoms. The minimum atomic E-state index is -4.23. The molecule has 0 heterocycles. The van der Waals surface area contributed by atoms with E-state index in [0.29, 0.717) is 0 Å². The Morgan fingerprint density at radius 2 is 2.08 bits per heavy atom. The molecule has 1 unspecified atom stereocenters. The predicted molar refractivity (Wildman–Crippen MR) is 45.6 cm³/mol. The fourth-order valence-electron chi connectivity index (χ4n) is 0.993. The van der Waals surface area contributed by atoms with Gasteiger partial charge in [0.1, 0.15) is 10.1 Å². The molecule has 0 fully saturated rings. The fraction of sp³-hybridized carbons (Fsp3) is 0.500. The van der Waals surface area contributed by atoms with E-state index in [0.717, 1.165) is 5.57 Å². The zero-order valence-electron chi connectivity index (χ0n) is 8.07. The first-order valence-corrected chi connectivity index (χ1v) is 5.07. The molecule has 13 heavy (non-hydrogen) atoms. The van der Waals surface area contributed by atoms with Gasteiger partial charge in [-0.05, 0) is 20.3 Å². The van der Waals surface area contributed by atoms with Crippen molar-refractivity contribution in [1.29, 1.82) is 0 Å². The summed E-state index contributed by atoms with van der Waals surface area (Å²) < 4.78 is 31.1. The maximum atomic E-state index is 10.8. The Morgan fingerprint density at radius 1 is 1.54 bits per heavy atom. The second-order valence-corrected chi connectivity index (χ2v) is 5.09. The number of rotatable bonds is 1. The van der Waals surface area contributed by atoms with Crippen LogP contribution in [-0.2, 0) is 10.1 Å². The van der Waals surface area contributed by atoms with Crippen LogP contribution in [0, 0.1) is 0 Å². The van der Waals surface area contributed by atoms with Gasteiger partial charge in [-0.15, -0.1) is 0 Å². The SMILES string of the molecule is CC1=CCC(C)(S(=O)(=O)[O-])C=C1.[Rb+]. The van der Waals surface area contributed by atoms with Crippen LogP contribution in [0.2, 0.25) is 0 Å². The van der Waals surface area contributed by atoms with Gasteiger partial charge in [0.15, 0.2) is 0 Å². The van der Waals surface area contributed by atoms with Gasteiger partial charge in [-0.25, -0.2) is 8.42 Å². The van der Waals surface area contributed by atoms with E-state index in [-0.39, 0.29) is 64.6 Å². The smallest absolute Gasteiger partial charge is 0.747 e. The number of hydrogen-bond acceptors (Lipinski definition) is 3. The second-order valence-electron chi connectivity index (χ2n) is 3.25. The Kier molecular flexibility index (Phi) is 5.25. The summed E-state index contributed by atoms with van der Waals surface area (Å²) in [5, 5.41) is 0. The van der Waals surface area contributed by atoms with Gasteiger partial charge in [0, 0.05) is 0 Å². The van der Waals surface area contributed by atoms with Gasteiger partial charge < -0.3 is 4.55 Å². The van der Waals surface area contributed by atoms with E-state index in [1.165, 1.54) is 13.0 Å². The van der Waals surface area contributed by atoms with Gasteiger partial charge in [-0.1, -0.05) is 23.8 Å². The van der Waals surface area contributed by atoms with Crippen molar-refractivity contribution in [2.75, 3.05) is 0 Å². The van der Waals surface area contributed by atoms with Crippen LogP contribution in [0.15, 0.2) is 23.8 Å². The molecule has 1 aliphatic rings. The summed E-state index contributed by atoms with van der Waals surface area (Å²) in [5.74, 6) is 0. The van der Waals surface area contributed by atoms with E-state index in [4.69, 9.17) is 0 Å². The molecule has 0 saturated carbocycles. The van der Waals surface area contributed by atoms with Crippen molar-refractivity contribution in [3.8, 4) is 0 Å². The van der Waals surface area contributed by atoms with E-state index < -0.39 is 14.9 Å². The minimum Gasteiger partial charge on any atom is -0.747 e. The van der Waals surface area contributed by atoms with Crippen LogP contribution < -0.4 is 58.2 Å². The Morgan fingerprint density at radius 3 is 2.38 bits per heavy atom. The average molecular weight is 273 g/mol. The third-order valence-corrected chi connectivity index (χ3v) is 3.54. The molecule has 5 heteroatoms. The third-order valence-electron chi connectivity index (χ3n) is 2.10. The van der Waals surface area contributed by atoms with Gasteiger partial charge in [0.2, 0.25) is 0 Å². The molecule has 0 radical (unpaired) electrons. The van der Waals surface area contributed by atoms with Crippen molar-refractivity contribution in [3.63, 3.8) is 0 Å². The van der Waals surface area contributed by atoms with Gasteiger partial charge >= 0.3 is 58.2 Å². The van der Waals surface area contributed by atoms with Crippen LogP contribution in [0.5, 0.6) is 0 Å². The van der Waals surface area contributed by atoms with Crippen LogP contribution in [-0.4, -0.2) is 17.7 Å². The topological polar surface area (TPSA) is 57.2 Å². The van der Waals surface area contributed by atoms with Crippen LogP contribution >= 0.6 is 0 Å². The molecule has 68 valence electrons. The maximum Gasteiger partial charge on any atom is 1.00 e. The standard InChI is InChI=1S/C8H12O3S.Rb/c1-7-3-5-8(2,6-4-7)12(9,10)11;/h3-5H,6H2,1-2H3,(H,9,10,11);/q;+1/p-1. The van der Waals surface area contributed by atoms with Gasteiger partial charge in [-0.2, -0.15) is 0 Å². The van der Waals surface area contributed by atoms with Crippen molar-refractivity contribution in [1.82, 2.24) is 0 Å². The minimum absolute atomic E-state index is 0. The van der Waals surface area contributed by atoms with Gasteiger partial charge in [-0.3, -0.25) is 0 Å². The Labute approximate surface area is 128 Å². The summed E-state index contributed by atoms with van der Waals surface area (Å²) in [6, 6.07) is 0. The van der Waals surface area contributed by atoms with Crippen LogP contribution in [0.4, 0.5) is 0 Å². The molecule has 0 amide bonds. The predicted octanol–water partition coefficient (Wildman–Crippen LogP) is -1.80. The van der Waals surface area contributed by atoms with Crippen molar-refractivity contribution < 1.29 is 71.2 Å². The quantitative estimate of drug-likeness (QED) is 0.530. The summed E-state index contributed by atoms with van der Waals surface area (Å²) in [4.78, 5) is 0. The molecule has 0 spiro atoms. The van der Waals surface area contributed by atoms with E-state index in [9.17, 15) is 13.0 Å². The summed E-state index contributed by atoms with van der Waals surface area (Å²) in [7, 11) is -4.23. The Hall–Kier alpha value is 1.20. The maximum absolute atomic E-state index is 10.8. The van der Waals surface area contributed by atoms with Crippen molar-refractivity contribution in [2.24, 2.45) is 0 Å². The second kappa shape index (κ2) is 4.81. The zero-order chi connectivity index (χ0) is 9.41. The van der Waals surface area contributed by atoms with Crippen LogP contribution in [0.3, 0.4) is 0 Å². The number of allylic oxidation sites excluding steroid dienone is 3. The summed E-state index contributed by atoms with van der Waals surface area (Å²) in [6.45, 7) is 3.31. The van der Waals surface area contributed by atoms with Crippen LogP contribution in [0.1, 0.15) is 20.3 Å². The fourth-order valence-corrected chi connectivity index (χ4v) is 1.52. The van der Waals surface area contributed by atoms with Crippen molar-refractivity contribution in [2.45, 2.75) is 25.0 Å². The first kappa shape index (κ1) is 14.2. The molecular formula is C8H11O3RbS. The molecule has 1 aliphatic carbocycles. The summed E-state index contributed by atoms with van der Waals surface area (Å²) in [6.07, 6.45) is 5.17. The Bertz CT molecular complexity index is 342. The molecular weight excluding hydrogens is 262 g/mol.